The maximum absolute atomic E-state index is 12.6. The minimum Gasteiger partial charge on any atom is -0.313 e. The number of nitriles is 1. The van der Waals surface area contributed by atoms with E-state index in [-0.39, 0.29) is 22.2 Å². The van der Waals surface area contributed by atoms with Crippen molar-refractivity contribution in [2.75, 3.05) is 5.32 Å². The van der Waals surface area contributed by atoms with Gasteiger partial charge in [0.2, 0.25) is 5.95 Å². The lowest BCUT2D eigenvalue weighted by atomic mass is 10.3. The molecule has 10 heteroatoms. The van der Waals surface area contributed by atoms with E-state index in [4.69, 9.17) is 5.26 Å². The number of hydrogen-bond donors (Lipinski definition) is 2. The number of nitrogens with zero attached hydrogens (tertiary/aromatic N) is 3. The summed E-state index contributed by atoms with van der Waals surface area (Å²) in [6.07, 6.45) is -4.60. The zero-order valence-corrected chi connectivity index (χ0v) is 10.7. The van der Waals surface area contributed by atoms with Gasteiger partial charge in [0.1, 0.15) is 16.8 Å². The normalized spacial score (nSPS) is 11.2. The Kier molecular flexibility index (Phi) is 3.46. The van der Waals surface area contributed by atoms with Gasteiger partial charge in [0.05, 0.1) is 0 Å². The summed E-state index contributed by atoms with van der Waals surface area (Å²) in [5.41, 5.74) is -1.84. The first kappa shape index (κ1) is 14.0. The smallest absolute Gasteiger partial charge is 0.313 e. The molecule has 0 aromatic carbocycles. The van der Waals surface area contributed by atoms with Gasteiger partial charge in [0.15, 0.2) is 5.56 Å². The van der Waals surface area contributed by atoms with Crippen molar-refractivity contribution in [3.8, 4) is 6.07 Å². The number of alkyl halides is 3. The fourth-order valence-corrected chi connectivity index (χ4v) is 2.04. The summed E-state index contributed by atoms with van der Waals surface area (Å²) < 4.78 is 40.1. The molecule has 104 valence electrons. The molecule has 0 atom stereocenters. The van der Waals surface area contributed by atoms with Crippen LogP contribution in [0, 0.1) is 18.3 Å². The van der Waals surface area contributed by atoms with Gasteiger partial charge in [-0.25, -0.2) is 9.97 Å². The maximum atomic E-state index is 12.6. The highest BCUT2D eigenvalue weighted by molar-refractivity contribution is 7.10. The zero-order chi connectivity index (χ0) is 14.9. The van der Waals surface area contributed by atoms with E-state index in [0.717, 1.165) is 17.6 Å². The number of aryl methyl sites for hydroxylation is 1. The lowest BCUT2D eigenvalue weighted by Gasteiger charge is -2.09. The van der Waals surface area contributed by atoms with E-state index in [1.54, 1.807) is 6.07 Å². The predicted molar refractivity (Wildman–Crippen MR) is 64.7 cm³/mol. The summed E-state index contributed by atoms with van der Waals surface area (Å²) in [6.45, 7) is 1.38. The van der Waals surface area contributed by atoms with Gasteiger partial charge in [-0.2, -0.15) is 18.4 Å². The molecule has 2 N–H and O–H groups in total. The third kappa shape index (κ3) is 2.77. The number of hydrogen-bond acceptors (Lipinski definition) is 6. The molecule has 0 unspecified atom stereocenters. The molecule has 2 rings (SSSR count). The van der Waals surface area contributed by atoms with Crippen LogP contribution < -0.4 is 10.9 Å². The van der Waals surface area contributed by atoms with Gasteiger partial charge >= 0.3 is 6.18 Å². The van der Waals surface area contributed by atoms with Crippen molar-refractivity contribution in [1.29, 1.82) is 5.26 Å². The molecular weight excluding hydrogens is 295 g/mol. The van der Waals surface area contributed by atoms with Crippen LogP contribution in [0.4, 0.5) is 24.1 Å². The Morgan fingerprint density at radius 1 is 1.45 bits per heavy atom. The third-order valence-corrected chi connectivity index (χ3v) is 2.98. The fraction of sp³-hybridized carbons (Fsp3) is 0.200. The van der Waals surface area contributed by atoms with E-state index in [2.05, 4.69) is 19.7 Å². The number of anilines is 2. The standard InChI is InChI=1S/C10H6F3N5OS/c1-4-2-6(10(11,12)13)16-9(15-4)17-8-5(3-14)7(19)18-20-8/h2H,1H3,(H,18,19)(H,15,16,17). The van der Waals surface area contributed by atoms with E-state index in [1.807, 2.05) is 0 Å². The topological polar surface area (TPSA) is 94.5 Å². The highest BCUT2D eigenvalue weighted by Gasteiger charge is 2.33. The molecule has 0 spiro atoms. The molecule has 0 aliphatic rings. The Labute approximate surface area is 114 Å². The summed E-state index contributed by atoms with van der Waals surface area (Å²) in [6, 6.07) is 2.45. The van der Waals surface area contributed by atoms with Crippen LogP contribution >= 0.6 is 11.5 Å². The number of aromatic nitrogens is 3. The SMILES string of the molecule is Cc1cc(C(F)(F)F)nc(Nc2s[nH]c(=O)c2C#N)n1. The third-order valence-electron chi connectivity index (χ3n) is 2.18. The van der Waals surface area contributed by atoms with Crippen molar-refractivity contribution in [2.45, 2.75) is 13.1 Å². The Morgan fingerprint density at radius 2 is 2.15 bits per heavy atom. The number of aromatic amines is 1. The van der Waals surface area contributed by atoms with Crippen LogP contribution in [-0.4, -0.2) is 14.3 Å². The van der Waals surface area contributed by atoms with E-state index in [1.165, 1.54) is 6.92 Å². The molecule has 0 saturated carbocycles. The van der Waals surface area contributed by atoms with Gasteiger partial charge < -0.3 is 5.32 Å². The lowest BCUT2D eigenvalue weighted by molar-refractivity contribution is -0.141. The molecular formula is C10H6F3N5OS. The molecule has 2 aromatic heterocycles. The number of nitrogens with one attached hydrogen (secondary N) is 2. The van der Waals surface area contributed by atoms with E-state index < -0.39 is 17.4 Å². The van der Waals surface area contributed by atoms with Gasteiger partial charge in [0.25, 0.3) is 5.56 Å². The quantitative estimate of drug-likeness (QED) is 0.886. The average Bonchev–Trinajstić information content (AvgIpc) is 2.68. The molecule has 0 amide bonds. The van der Waals surface area contributed by atoms with Crippen LogP contribution in [0.2, 0.25) is 0 Å². The Hall–Kier alpha value is -2.41. The van der Waals surface area contributed by atoms with E-state index >= 15 is 0 Å². The minimum atomic E-state index is -4.60. The summed E-state index contributed by atoms with van der Waals surface area (Å²) >= 11 is 0.782. The zero-order valence-electron chi connectivity index (χ0n) is 9.87. The van der Waals surface area contributed by atoms with Crippen LogP contribution in [0.1, 0.15) is 17.0 Å². The van der Waals surface area contributed by atoms with Crippen molar-refractivity contribution in [1.82, 2.24) is 14.3 Å². The van der Waals surface area contributed by atoms with E-state index in [9.17, 15) is 18.0 Å². The summed E-state index contributed by atoms with van der Waals surface area (Å²) in [5, 5.41) is 11.3. The van der Waals surface area contributed by atoms with Crippen molar-refractivity contribution >= 4 is 22.5 Å². The number of halogens is 3. The fourth-order valence-electron chi connectivity index (χ4n) is 1.36. The second kappa shape index (κ2) is 4.93. The molecule has 0 radical (unpaired) electrons. The first-order chi connectivity index (χ1) is 9.31. The second-order valence-electron chi connectivity index (χ2n) is 3.69. The van der Waals surface area contributed by atoms with Crippen LogP contribution in [0.5, 0.6) is 0 Å². The van der Waals surface area contributed by atoms with Crippen molar-refractivity contribution < 1.29 is 13.2 Å². The van der Waals surface area contributed by atoms with Crippen LogP contribution in [0.25, 0.3) is 0 Å². The largest absolute Gasteiger partial charge is 0.433 e. The van der Waals surface area contributed by atoms with Crippen LogP contribution in [0.3, 0.4) is 0 Å². The van der Waals surface area contributed by atoms with Crippen molar-refractivity contribution in [3.63, 3.8) is 0 Å². The van der Waals surface area contributed by atoms with Crippen molar-refractivity contribution in [2.24, 2.45) is 0 Å². The molecule has 0 aliphatic heterocycles. The Balaban J connectivity index is 2.42. The summed E-state index contributed by atoms with van der Waals surface area (Å²) in [5.74, 6) is -0.330. The highest BCUT2D eigenvalue weighted by atomic mass is 32.1. The molecule has 6 nitrogen and oxygen atoms in total. The van der Waals surface area contributed by atoms with Crippen LogP contribution in [0.15, 0.2) is 10.9 Å². The average molecular weight is 301 g/mol. The monoisotopic (exact) mass is 301 g/mol. The maximum Gasteiger partial charge on any atom is 0.433 e. The van der Waals surface area contributed by atoms with Gasteiger partial charge in [-0.1, -0.05) is 0 Å². The Morgan fingerprint density at radius 3 is 2.75 bits per heavy atom. The highest BCUT2D eigenvalue weighted by Crippen LogP contribution is 2.29. The van der Waals surface area contributed by atoms with Gasteiger partial charge in [-0.3, -0.25) is 9.17 Å². The molecule has 20 heavy (non-hydrogen) atoms. The van der Waals surface area contributed by atoms with Crippen molar-refractivity contribution in [3.05, 3.63) is 33.4 Å². The van der Waals surface area contributed by atoms with E-state index in [0.29, 0.717) is 0 Å². The number of H-pyrrole nitrogens is 1. The molecule has 0 aliphatic carbocycles. The number of rotatable bonds is 2. The lowest BCUT2D eigenvalue weighted by Crippen LogP contribution is -2.11. The van der Waals surface area contributed by atoms with Crippen LogP contribution in [-0.2, 0) is 6.18 Å². The summed E-state index contributed by atoms with van der Waals surface area (Å²) in [4.78, 5) is 18.3. The first-order valence-electron chi connectivity index (χ1n) is 5.12. The van der Waals surface area contributed by atoms with Gasteiger partial charge in [-0.15, -0.1) is 0 Å². The van der Waals surface area contributed by atoms with Gasteiger partial charge in [-0.05, 0) is 24.5 Å². The molecule has 2 heterocycles. The molecule has 2 aromatic rings. The minimum absolute atomic E-state index is 0.0659. The summed E-state index contributed by atoms with van der Waals surface area (Å²) in [7, 11) is 0. The second-order valence-corrected chi connectivity index (χ2v) is 4.51. The first-order valence-corrected chi connectivity index (χ1v) is 5.94. The molecule has 0 bridgehead atoms. The predicted octanol–water partition coefficient (Wildman–Crippen LogP) is 2.17. The van der Waals surface area contributed by atoms with Gasteiger partial charge in [0, 0.05) is 5.69 Å². The molecule has 0 saturated heterocycles. The molecule has 0 fully saturated rings. The Bertz CT molecular complexity index is 743.